The molecular formula is C18H18ClNO. The highest BCUT2D eigenvalue weighted by Crippen LogP contribution is 2.23. The number of halogens is 1. The third-order valence-corrected chi connectivity index (χ3v) is 3.53. The molecule has 0 fully saturated rings. The van der Waals surface area contributed by atoms with Gasteiger partial charge in [-0.1, -0.05) is 54.1 Å². The van der Waals surface area contributed by atoms with Crippen LogP contribution in [0.3, 0.4) is 0 Å². The molecule has 0 saturated carbocycles. The van der Waals surface area contributed by atoms with Crippen LogP contribution in [-0.2, 0) is 4.79 Å². The molecule has 0 atom stereocenters. The number of allylic oxidation sites excluding steroid dienone is 1. The second kappa shape index (κ2) is 7.09. The molecule has 2 aromatic rings. The van der Waals surface area contributed by atoms with Crippen molar-refractivity contribution < 1.29 is 4.79 Å². The lowest BCUT2D eigenvalue weighted by Gasteiger charge is -2.06. The molecule has 0 saturated heterocycles. The van der Waals surface area contributed by atoms with Gasteiger partial charge in [-0.25, -0.2) is 0 Å². The fraction of sp³-hybridized carbons (Fsp3) is 0.167. The Labute approximate surface area is 130 Å². The average Bonchev–Trinajstić information content (AvgIpc) is 2.48. The van der Waals surface area contributed by atoms with Crippen molar-refractivity contribution in [2.24, 2.45) is 0 Å². The van der Waals surface area contributed by atoms with Crippen molar-refractivity contribution >= 4 is 23.1 Å². The molecule has 1 amide bonds. The summed E-state index contributed by atoms with van der Waals surface area (Å²) in [6, 6.07) is 16.2. The van der Waals surface area contributed by atoms with Gasteiger partial charge in [-0.05, 0) is 41.3 Å². The van der Waals surface area contributed by atoms with Crippen LogP contribution in [0.25, 0.3) is 16.7 Å². The van der Waals surface area contributed by atoms with Gasteiger partial charge < -0.3 is 5.32 Å². The van der Waals surface area contributed by atoms with E-state index in [1.807, 2.05) is 37.3 Å². The van der Waals surface area contributed by atoms with Crippen molar-refractivity contribution in [2.75, 3.05) is 6.54 Å². The SMILES string of the molecule is CC(=O)NC/C=C(/C)c1ccc(-c2ccc(Cl)cc2)cc1. The van der Waals surface area contributed by atoms with Crippen LogP contribution in [0, 0.1) is 0 Å². The molecule has 2 aromatic carbocycles. The molecule has 2 nitrogen and oxygen atoms in total. The van der Waals surface area contributed by atoms with E-state index < -0.39 is 0 Å². The second-order valence-electron chi connectivity index (χ2n) is 4.91. The molecule has 3 heteroatoms. The number of amides is 1. The van der Waals surface area contributed by atoms with Crippen molar-refractivity contribution in [3.05, 3.63) is 65.2 Å². The maximum Gasteiger partial charge on any atom is 0.217 e. The number of hydrogen-bond donors (Lipinski definition) is 1. The third kappa shape index (κ3) is 4.47. The molecule has 21 heavy (non-hydrogen) atoms. The number of nitrogens with one attached hydrogen (secondary N) is 1. The summed E-state index contributed by atoms with van der Waals surface area (Å²) in [7, 11) is 0. The molecule has 0 aromatic heterocycles. The summed E-state index contributed by atoms with van der Waals surface area (Å²) in [4.78, 5) is 10.8. The van der Waals surface area contributed by atoms with Crippen LogP contribution >= 0.6 is 11.6 Å². The summed E-state index contributed by atoms with van der Waals surface area (Å²) in [5.41, 5.74) is 4.60. The van der Waals surface area contributed by atoms with Crippen LogP contribution in [0.1, 0.15) is 19.4 Å². The van der Waals surface area contributed by atoms with E-state index in [2.05, 4.69) is 29.6 Å². The van der Waals surface area contributed by atoms with Gasteiger partial charge >= 0.3 is 0 Å². The van der Waals surface area contributed by atoms with E-state index in [9.17, 15) is 4.79 Å². The Balaban J connectivity index is 2.11. The highest BCUT2D eigenvalue weighted by Gasteiger charge is 2.00. The molecule has 0 aliphatic carbocycles. The van der Waals surface area contributed by atoms with Gasteiger partial charge in [0.25, 0.3) is 0 Å². The molecular weight excluding hydrogens is 282 g/mol. The summed E-state index contributed by atoms with van der Waals surface area (Å²) in [5, 5.41) is 3.50. The lowest BCUT2D eigenvalue weighted by molar-refractivity contribution is -0.118. The maximum atomic E-state index is 10.8. The van der Waals surface area contributed by atoms with Crippen molar-refractivity contribution in [3.63, 3.8) is 0 Å². The minimum absolute atomic E-state index is 0.0165. The standard InChI is InChI=1S/C18H18ClNO/c1-13(11-12-20-14(2)21)15-3-5-16(6-4-15)17-7-9-18(19)10-8-17/h3-11H,12H2,1-2H3,(H,20,21)/b13-11-. The average molecular weight is 300 g/mol. The lowest BCUT2D eigenvalue weighted by atomic mass is 10.0. The minimum atomic E-state index is -0.0165. The monoisotopic (exact) mass is 299 g/mol. The van der Waals surface area contributed by atoms with Crippen molar-refractivity contribution in [1.82, 2.24) is 5.32 Å². The molecule has 0 aliphatic rings. The first-order valence-corrected chi connectivity index (χ1v) is 7.21. The van der Waals surface area contributed by atoms with Gasteiger partial charge in [-0.15, -0.1) is 0 Å². The summed E-state index contributed by atoms with van der Waals surface area (Å²) < 4.78 is 0. The minimum Gasteiger partial charge on any atom is -0.353 e. The first-order chi connectivity index (χ1) is 10.1. The molecule has 0 bridgehead atoms. The Hall–Kier alpha value is -2.06. The van der Waals surface area contributed by atoms with Crippen molar-refractivity contribution in [1.29, 1.82) is 0 Å². The van der Waals surface area contributed by atoms with E-state index in [0.717, 1.165) is 27.3 Å². The number of rotatable bonds is 4. The van der Waals surface area contributed by atoms with E-state index in [1.54, 1.807) is 0 Å². The van der Waals surface area contributed by atoms with Crippen LogP contribution < -0.4 is 5.32 Å². The zero-order valence-electron chi connectivity index (χ0n) is 12.2. The molecule has 0 aliphatic heterocycles. The fourth-order valence-corrected chi connectivity index (χ4v) is 2.16. The Morgan fingerprint density at radius 2 is 1.52 bits per heavy atom. The highest BCUT2D eigenvalue weighted by atomic mass is 35.5. The summed E-state index contributed by atoms with van der Waals surface area (Å²) >= 11 is 5.90. The van der Waals surface area contributed by atoms with Crippen LogP contribution in [0.4, 0.5) is 0 Å². The number of carbonyl (C=O) groups is 1. The smallest absolute Gasteiger partial charge is 0.217 e. The van der Waals surface area contributed by atoms with Gasteiger partial charge in [0.15, 0.2) is 0 Å². The number of carbonyl (C=O) groups excluding carboxylic acids is 1. The Bertz CT molecular complexity index is 642. The third-order valence-electron chi connectivity index (χ3n) is 3.28. The molecule has 0 radical (unpaired) electrons. The summed E-state index contributed by atoms with van der Waals surface area (Å²) in [5.74, 6) is -0.0165. The highest BCUT2D eigenvalue weighted by molar-refractivity contribution is 6.30. The van der Waals surface area contributed by atoms with E-state index in [1.165, 1.54) is 6.92 Å². The molecule has 0 unspecified atom stereocenters. The molecule has 108 valence electrons. The van der Waals surface area contributed by atoms with E-state index in [-0.39, 0.29) is 5.91 Å². The van der Waals surface area contributed by atoms with Crippen LogP contribution in [-0.4, -0.2) is 12.5 Å². The lowest BCUT2D eigenvalue weighted by Crippen LogP contribution is -2.19. The van der Waals surface area contributed by atoms with E-state index in [4.69, 9.17) is 11.6 Å². The van der Waals surface area contributed by atoms with Gasteiger partial charge in [0.1, 0.15) is 0 Å². The van der Waals surface area contributed by atoms with E-state index >= 15 is 0 Å². The van der Waals surface area contributed by atoms with Gasteiger partial charge in [0.2, 0.25) is 5.91 Å². The topological polar surface area (TPSA) is 29.1 Å². The Morgan fingerprint density at radius 1 is 1.00 bits per heavy atom. The van der Waals surface area contributed by atoms with Gasteiger partial charge in [-0.2, -0.15) is 0 Å². The molecule has 1 N–H and O–H groups in total. The first-order valence-electron chi connectivity index (χ1n) is 6.84. The molecule has 0 spiro atoms. The zero-order chi connectivity index (χ0) is 15.2. The summed E-state index contributed by atoms with van der Waals surface area (Å²) in [6.07, 6.45) is 2.01. The molecule has 2 rings (SSSR count). The number of benzene rings is 2. The van der Waals surface area contributed by atoms with Crippen LogP contribution in [0.5, 0.6) is 0 Å². The number of hydrogen-bond acceptors (Lipinski definition) is 1. The quantitative estimate of drug-likeness (QED) is 0.882. The zero-order valence-corrected chi connectivity index (χ0v) is 12.9. The van der Waals surface area contributed by atoms with Crippen LogP contribution in [0.2, 0.25) is 5.02 Å². The normalized spacial score (nSPS) is 11.3. The maximum absolute atomic E-state index is 10.8. The predicted octanol–water partition coefficient (Wildman–Crippen LogP) is 4.55. The van der Waals surface area contributed by atoms with Crippen molar-refractivity contribution in [2.45, 2.75) is 13.8 Å². The Kier molecular flexibility index (Phi) is 5.18. The van der Waals surface area contributed by atoms with Crippen LogP contribution in [0.15, 0.2) is 54.6 Å². The Morgan fingerprint density at radius 3 is 2.05 bits per heavy atom. The fourth-order valence-electron chi connectivity index (χ4n) is 2.03. The molecule has 0 heterocycles. The first kappa shape index (κ1) is 15.3. The largest absolute Gasteiger partial charge is 0.353 e. The van der Waals surface area contributed by atoms with Gasteiger partial charge in [0, 0.05) is 18.5 Å². The predicted molar refractivity (Wildman–Crippen MR) is 89.2 cm³/mol. The summed E-state index contributed by atoms with van der Waals surface area (Å²) in [6.45, 7) is 4.11. The van der Waals surface area contributed by atoms with Crippen molar-refractivity contribution in [3.8, 4) is 11.1 Å². The van der Waals surface area contributed by atoms with Gasteiger partial charge in [0.05, 0.1) is 0 Å². The van der Waals surface area contributed by atoms with E-state index in [0.29, 0.717) is 6.54 Å². The second-order valence-corrected chi connectivity index (χ2v) is 5.34. The van der Waals surface area contributed by atoms with Gasteiger partial charge in [-0.3, -0.25) is 4.79 Å².